The first-order chi connectivity index (χ1) is 5.43. The van der Waals surface area contributed by atoms with Crippen LogP contribution in [0.5, 0.6) is 0 Å². The van der Waals surface area contributed by atoms with Gasteiger partial charge in [0.1, 0.15) is 0 Å². The molecule has 0 atom stereocenters. The topological polar surface area (TPSA) is 52.0 Å². The number of hydrogen-bond donors (Lipinski definition) is 2. The number of nitrogens with two attached hydrogens (primary N) is 2. The van der Waals surface area contributed by atoms with E-state index in [4.69, 9.17) is 11.5 Å². The predicted molar refractivity (Wildman–Crippen MR) is 52.8 cm³/mol. The summed E-state index contributed by atoms with van der Waals surface area (Å²) in [5.74, 6) is 0. The van der Waals surface area contributed by atoms with Gasteiger partial charge in [0.15, 0.2) is 0 Å². The largest absolute Gasteiger partial charge is 0.399 e. The second kappa shape index (κ2) is 2.79. The summed E-state index contributed by atoms with van der Waals surface area (Å²) in [4.78, 5) is 0. The van der Waals surface area contributed by atoms with Gasteiger partial charge in [0.25, 0.3) is 0 Å². The van der Waals surface area contributed by atoms with E-state index in [1.165, 1.54) is 0 Å². The molecule has 2 nitrogen and oxygen atoms in total. The Morgan fingerprint density at radius 3 is 2.25 bits per heavy atom. The Hall–Kier alpha value is -1.02. The third-order valence-electron chi connectivity index (χ3n) is 2.07. The standard InChI is InChI=1S/C10H16N2/c1-7-8(10(2,3)12)5-4-6-9(7)11/h4-6H,11-12H2,1-3H3. The van der Waals surface area contributed by atoms with E-state index < -0.39 is 0 Å². The molecule has 0 fully saturated rings. The Balaban J connectivity index is 3.26. The molecule has 0 radical (unpaired) electrons. The molecule has 0 aliphatic carbocycles. The highest BCUT2D eigenvalue weighted by Gasteiger charge is 2.16. The van der Waals surface area contributed by atoms with Gasteiger partial charge in [-0.2, -0.15) is 0 Å². The minimum absolute atomic E-state index is 0.306. The van der Waals surface area contributed by atoms with Crippen molar-refractivity contribution >= 4 is 5.69 Å². The van der Waals surface area contributed by atoms with Crippen LogP contribution in [0.4, 0.5) is 5.69 Å². The van der Waals surface area contributed by atoms with Crippen molar-refractivity contribution < 1.29 is 0 Å². The number of nitrogen functional groups attached to an aromatic ring is 1. The van der Waals surface area contributed by atoms with E-state index in [1.54, 1.807) is 0 Å². The summed E-state index contributed by atoms with van der Waals surface area (Å²) in [5, 5.41) is 0. The molecule has 0 bridgehead atoms. The Bertz CT molecular complexity index is 284. The Kier molecular flexibility index (Phi) is 2.11. The van der Waals surface area contributed by atoms with E-state index in [1.807, 2.05) is 39.0 Å². The van der Waals surface area contributed by atoms with E-state index in [-0.39, 0.29) is 5.54 Å². The minimum Gasteiger partial charge on any atom is -0.399 e. The van der Waals surface area contributed by atoms with Gasteiger partial charge in [-0.25, -0.2) is 0 Å². The monoisotopic (exact) mass is 164 g/mol. The highest BCUT2D eigenvalue weighted by molar-refractivity contribution is 5.51. The molecule has 1 rings (SSSR count). The molecule has 1 aromatic carbocycles. The maximum atomic E-state index is 5.97. The van der Waals surface area contributed by atoms with Gasteiger partial charge in [-0.05, 0) is 38.0 Å². The van der Waals surface area contributed by atoms with Crippen molar-refractivity contribution in [3.63, 3.8) is 0 Å². The van der Waals surface area contributed by atoms with Gasteiger partial charge < -0.3 is 11.5 Å². The minimum atomic E-state index is -0.306. The number of anilines is 1. The number of rotatable bonds is 1. The van der Waals surface area contributed by atoms with Crippen molar-refractivity contribution in [1.82, 2.24) is 0 Å². The molecule has 0 saturated heterocycles. The molecular formula is C10H16N2. The van der Waals surface area contributed by atoms with Crippen molar-refractivity contribution in [2.45, 2.75) is 26.3 Å². The van der Waals surface area contributed by atoms with E-state index in [0.717, 1.165) is 16.8 Å². The van der Waals surface area contributed by atoms with Crippen molar-refractivity contribution in [3.8, 4) is 0 Å². The van der Waals surface area contributed by atoms with Gasteiger partial charge in [-0.3, -0.25) is 0 Å². The van der Waals surface area contributed by atoms with Crippen LogP contribution >= 0.6 is 0 Å². The second-order valence-corrected chi connectivity index (χ2v) is 3.74. The molecule has 12 heavy (non-hydrogen) atoms. The van der Waals surface area contributed by atoms with Crippen molar-refractivity contribution in [2.75, 3.05) is 5.73 Å². The van der Waals surface area contributed by atoms with Crippen LogP contribution in [0.1, 0.15) is 25.0 Å². The molecule has 66 valence electrons. The van der Waals surface area contributed by atoms with Gasteiger partial charge in [-0.15, -0.1) is 0 Å². The van der Waals surface area contributed by atoms with Crippen LogP contribution in [0, 0.1) is 6.92 Å². The normalized spacial score (nSPS) is 11.7. The second-order valence-electron chi connectivity index (χ2n) is 3.74. The van der Waals surface area contributed by atoms with Crippen LogP contribution < -0.4 is 11.5 Å². The first-order valence-electron chi connectivity index (χ1n) is 4.07. The summed E-state index contributed by atoms with van der Waals surface area (Å²) in [7, 11) is 0. The summed E-state index contributed by atoms with van der Waals surface area (Å²) < 4.78 is 0. The van der Waals surface area contributed by atoms with E-state index in [9.17, 15) is 0 Å². The molecule has 0 heterocycles. The first-order valence-corrected chi connectivity index (χ1v) is 4.07. The summed E-state index contributed by atoms with van der Waals surface area (Å²) in [6, 6.07) is 5.85. The van der Waals surface area contributed by atoms with Gasteiger partial charge in [0, 0.05) is 11.2 Å². The third-order valence-corrected chi connectivity index (χ3v) is 2.07. The zero-order valence-electron chi connectivity index (χ0n) is 7.89. The highest BCUT2D eigenvalue weighted by Crippen LogP contribution is 2.24. The molecule has 0 aromatic heterocycles. The van der Waals surface area contributed by atoms with Gasteiger partial charge in [-0.1, -0.05) is 12.1 Å². The fourth-order valence-electron chi connectivity index (χ4n) is 1.35. The first kappa shape index (κ1) is 9.07. The lowest BCUT2D eigenvalue weighted by molar-refractivity contribution is 0.551. The van der Waals surface area contributed by atoms with E-state index >= 15 is 0 Å². The molecule has 0 spiro atoms. The highest BCUT2D eigenvalue weighted by atomic mass is 14.7. The maximum Gasteiger partial charge on any atom is 0.0355 e. The molecule has 1 aromatic rings. The fourth-order valence-corrected chi connectivity index (χ4v) is 1.35. The van der Waals surface area contributed by atoms with Crippen LogP contribution in [-0.2, 0) is 5.54 Å². The average Bonchev–Trinajstić information content (AvgIpc) is 1.92. The fraction of sp³-hybridized carbons (Fsp3) is 0.400. The number of hydrogen-bond acceptors (Lipinski definition) is 2. The zero-order valence-corrected chi connectivity index (χ0v) is 7.89. The van der Waals surface area contributed by atoms with Crippen LogP contribution in [0.2, 0.25) is 0 Å². The molecule has 0 unspecified atom stereocenters. The smallest absolute Gasteiger partial charge is 0.0355 e. The molecule has 0 aliphatic rings. The van der Waals surface area contributed by atoms with Crippen LogP contribution in [0.3, 0.4) is 0 Å². The van der Waals surface area contributed by atoms with Crippen LogP contribution in [0.25, 0.3) is 0 Å². The average molecular weight is 164 g/mol. The third kappa shape index (κ3) is 1.59. The Morgan fingerprint density at radius 2 is 1.83 bits per heavy atom. The molecule has 2 heteroatoms. The molecular weight excluding hydrogens is 148 g/mol. The summed E-state index contributed by atoms with van der Waals surface area (Å²) in [5.41, 5.74) is 14.4. The molecule has 4 N–H and O–H groups in total. The Morgan fingerprint density at radius 1 is 1.25 bits per heavy atom. The van der Waals surface area contributed by atoms with Crippen molar-refractivity contribution in [1.29, 1.82) is 0 Å². The SMILES string of the molecule is Cc1c(N)cccc1C(C)(C)N. The summed E-state index contributed by atoms with van der Waals surface area (Å²) >= 11 is 0. The maximum absolute atomic E-state index is 5.97. The number of benzene rings is 1. The van der Waals surface area contributed by atoms with Crippen LogP contribution in [-0.4, -0.2) is 0 Å². The van der Waals surface area contributed by atoms with Crippen LogP contribution in [0.15, 0.2) is 18.2 Å². The molecule has 0 saturated carbocycles. The summed E-state index contributed by atoms with van der Waals surface area (Å²) in [6.45, 7) is 5.96. The lowest BCUT2D eigenvalue weighted by Crippen LogP contribution is -2.29. The van der Waals surface area contributed by atoms with Gasteiger partial charge >= 0.3 is 0 Å². The van der Waals surface area contributed by atoms with Gasteiger partial charge in [0.2, 0.25) is 0 Å². The Labute approximate surface area is 73.6 Å². The predicted octanol–water partition coefficient (Wildman–Crippen LogP) is 1.77. The molecule has 0 amide bonds. The lowest BCUT2D eigenvalue weighted by Gasteiger charge is -2.22. The van der Waals surface area contributed by atoms with E-state index in [2.05, 4.69) is 0 Å². The quantitative estimate of drug-likeness (QED) is 0.621. The molecule has 0 aliphatic heterocycles. The summed E-state index contributed by atoms with van der Waals surface area (Å²) in [6.07, 6.45) is 0. The lowest BCUT2D eigenvalue weighted by atomic mass is 9.91. The van der Waals surface area contributed by atoms with E-state index in [0.29, 0.717) is 0 Å². The zero-order chi connectivity index (χ0) is 9.35. The van der Waals surface area contributed by atoms with Crippen molar-refractivity contribution in [2.24, 2.45) is 5.73 Å². The van der Waals surface area contributed by atoms with Crippen molar-refractivity contribution in [3.05, 3.63) is 29.3 Å². The van der Waals surface area contributed by atoms with Gasteiger partial charge in [0.05, 0.1) is 0 Å².